The summed E-state index contributed by atoms with van der Waals surface area (Å²) in [4.78, 5) is 12.9. The normalized spacial score (nSPS) is 32.1. The van der Waals surface area contributed by atoms with Gasteiger partial charge in [-0.25, -0.2) is 4.79 Å². The van der Waals surface area contributed by atoms with Gasteiger partial charge in [-0.05, 0) is 50.8 Å². The van der Waals surface area contributed by atoms with Crippen LogP contribution in [0, 0.1) is 17.8 Å². The molecule has 0 saturated heterocycles. The molecule has 6 heteroatoms. The number of aliphatic hydroxyl groups excluding tert-OH is 1. The fraction of sp³-hybridized carbons (Fsp3) is 0.609. The predicted molar refractivity (Wildman–Crippen MR) is 109 cm³/mol. The highest BCUT2D eigenvalue weighted by molar-refractivity contribution is 5.90. The summed E-state index contributed by atoms with van der Waals surface area (Å²) >= 11 is 0. The molecule has 29 heavy (non-hydrogen) atoms. The molecule has 5 unspecified atom stereocenters. The summed E-state index contributed by atoms with van der Waals surface area (Å²) in [5.74, 6) is -0.968. The van der Waals surface area contributed by atoms with E-state index in [1.54, 1.807) is 6.92 Å². The van der Waals surface area contributed by atoms with Gasteiger partial charge in [0.1, 0.15) is 6.10 Å². The van der Waals surface area contributed by atoms with E-state index < -0.39 is 23.8 Å². The zero-order chi connectivity index (χ0) is 21.5. The Labute approximate surface area is 172 Å². The Kier molecular flexibility index (Phi) is 5.97. The maximum Gasteiger partial charge on any atom is 0.338 e. The Morgan fingerprint density at radius 1 is 1.31 bits per heavy atom. The molecule has 3 rings (SSSR count). The number of phenols is 1. The van der Waals surface area contributed by atoms with E-state index in [1.807, 2.05) is 20.8 Å². The average molecular weight is 405 g/mol. The molecule has 5 atom stereocenters. The van der Waals surface area contributed by atoms with Gasteiger partial charge in [-0.3, -0.25) is 0 Å². The quantitative estimate of drug-likeness (QED) is 0.525. The topological polar surface area (TPSA) is 96.2 Å². The van der Waals surface area contributed by atoms with Gasteiger partial charge in [0.2, 0.25) is 0 Å². The fourth-order valence-corrected chi connectivity index (χ4v) is 5.09. The van der Waals surface area contributed by atoms with Gasteiger partial charge in [0.05, 0.1) is 24.4 Å². The lowest BCUT2D eigenvalue weighted by Crippen LogP contribution is -2.46. The van der Waals surface area contributed by atoms with Crippen LogP contribution in [0.5, 0.6) is 11.5 Å². The molecule has 6 nitrogen and oxygen atoms in total. The maximum atomic E-state index is 12.9. The molecule has 0 aliphatic heterocycles. The second-order valence-corrected chi connectivity index (χ2v) is 8.99. The van der Waals surface area contributed by atoms with E-state index in [0.29, 0.717) is 12.8 Å². The van der Waals surface area contributed by atoms with Crippen LogP contribution in [0.2, 0.25) is 0 Å². The van der Waals surface area contributed by atoms with Gasteiger partial charge in [0.15, 0.2) is 11.5 Å². The number of phenolic OH excluding ortho intramolecular Hbond substituents is 1. The molecule has 3 N–H and O–H groups in total. The smallest absolute Gasteiger partial charge is 0.338 e. The van der Waals surface area contributed by atoms with Crippen LogP contribution in [-0.2, 0) is 4.74 Å². The molecule has 1 aromatic rings. The van der Waals surface area contributed by atoms with E-state index in [4.69, 9.17) is 9.47 Å². The number of carbonyl (C=O) groups excluding carboxylic acids is 1. The lowest BCUT2D eigenvalue weighted by Gasteiger charge is -2.38. The summed E-state index contributed by atoms with van der Waals surface area (Å²) in [5, 5.41) is 31.9. The van der Waals surface area contributed by atoms with Crippen molar-refractivity contribution in [3.05, 3.63) is 34.9 Å². The Hall–Kier alpha value is -2.05. The summed E-state index contributed by atoms with van der Waals surface area (Å²) < 4.78 is 11.0. The number of aromatic hydroxyl groups is 1. The third-order valence-electron chi connectivity index (χ3n) is 6.61. The first-order valence-corrected chi connectivity index (χ1v) is 10.2. The van der Waals surface area contributed by atoms with Crippen LogP contribution in [0.15, 0.2) is 29.3 Å². The highest BCUT2D eigenvalue weighted by atomic mass is 16.5. The van der Waals surface area contributed by atoms with Gasteiger partial charge in [0.25, 0.3) is 0 Å². The number of hydrogen-bond acceptors (Lipinski definition) is 6. The van der Waals surface area contributed by atoms with E-state index >= 15 is 0 Å². The Morgan fingerprint density at radius 2 is 2.00 bits per heavy atom. The summed E-state index contributed by atoms with van der Waals surface area (Å²) in [5.41, 5.74) is 1.49. The minimum absolute atomic E-state index is 0.0513. The second kappa shape index (κ2) is 8.00. The van der Waals surface area contributed by atoms with Crippen molar-refractivity contribution >= 4 is 5.97 Å². The zero-order valence-electron chi connectivity index (χ0n) is 17.8. The van der Waals surface area contributed by atoms with Crippen LogP contribution >= 0.6 is 0 Å². The number of aliphatic hydroxyl groups is 2. The molecule has 2 aliphatic rings. The van der Waals surface area contributed by atoms with Crippen molar-refractivity contribution in [3.63, 3.8) is 0 Å². The largest absolute Gasteiger partial charge is 0.504 e. The number of carbonyl (C=O) groups is 1. The SMILES string of the molecule is COc1cc(C(=O)OC2CC(C)=C3CCC(C)(O)C3C(O)C2C(C)C)ccc1O. The van der Waals surface area contributed by atoms with Gasteiger partial charge in [-0.1, -0.05) is 25.0 Å². The molecule has 0 radical (unpaired) electrons. The van der Waals surface area contributed by atoms with E-state index in [1.165, 1.54) is 25.3 Å². The number of ether oxygens (including phenoxy) is 2. The van der Waals surface area contributed by atoms with Crippen LogP contribution < -0.4 is 4.74 Å². The third-order valence-corrected chi connectivity index (χ3v) is 6.61. The van der Waals surface area contributed by atoms with E-state index in [0.717, 1.165) is 17.6 Å². The van der Waals surface area contributed by atoms with Crippen LogP contribution in [0.1, 0.15) is 57.3 Å². The Morgan fingerprint density at radius 3 is 2.62 bits per heavy atom. The number of fused-ring (bicyclic) bond motifs is 1. The van der Waals surface area contributed by atoms with Crippen molar-refractivity contribution in [3.8, 4) is 11.5 Å². The summed E-state index contributed by atoms with van der Waals surface area (Å²) in [6.45, 7) is 7.79. The standard InChI is InChI=1S/C23H32O6/c1-12(2)19-18(29-22(26)14-6-7-16(24)17(11-14)28-5)10-13(3)15-8-9-23(4,27)20(15)21(19)25/h6-7,11-12,18-21,24-25,27H,8-10H2,1-5H3. The number of methoxy groups -OCH3 is 1. The lowest BCUT2D eigenvalue weighted by atomic mass is 9.75. The summed E-state index contributed by atoms with van der Waals surface area (Å²) in [6.07, 6.45) is 0.604. The van der Waals surface area contributed by atoms with E-state index in [2.05, 4.69) is 0 Å². The third kappa shape index (κ3) is 4.01. The maximum absolute atomic E-state index is 12.9. The molecular formula is C23H32O6. The highest BCUT2D eigenvalue weighted by Crippen LogP contribution is 2.49. The minimum Gasteiger partial charge on any atom is -0.504 e. The summed E-state index contributed by atoms with van der Waals surface area (Å²) in [6, 6.07) is 4.33. The first-order valence-electron chi connectivity index (χ1n) is 10.2. The number of rotatable bonds is 4. The first kappa shape index (κ1) is 21.7. The highest BCUT2D eigenvalue weighted by Gasteiger charge is 2.51. The van der Waals surface area contributed by atoms with Gasteiger partial charge in [-0.2, -0.15) is 0 Å². The Balaban J connectivity index is 1.92. The second-order valence-electron chi connectivity index (χ2n) is 8.99. The lowest BCUT2D eigenvalue weighted by molar-refractivity contribution is -0.0847. The monoisotopic (exact) mass is 404 g/mol. The number of benzene rings is 1. The molecule has 0 spiro atoms. The van der Waals surface area contributed by atoms with Crippen molar-refractivity contribution in [2.75, 3.05) is 7.11 Å². The van der Waals surface area contributed by atoms with Crippen molar-refractivity contribution < 1.29 is 29.6 Å². The van der Waals surface area contributed by atoms with Gasteiger partial charge < -0.3 is 24.8 Å². The molecule has 0 heterocycles. The zero-order valence-corrected chi connectivity index (χ0v) is 17.8. The molecule has 0 aromatic heterocycles. The van der Waals surface area contributed by atoms with Crippen LogP contribution in [0.4, 0.5) is 0 Å². The van der Waals surface area contributed by atoms with Crippen LogP contribution in [0.3, 0.4) is 0 Å². The minimum atomic E-state index is -0.966. The van der Waals surface area contributed by atoms with Gasteiger partial charge in [0, 0.05) is 18.3 Å². The molecule has 0 bridgehead atoms. The number of hydrogen-bond donors (Lipinski definition) is 3. The van der Waals surface area contributed by atoms with E-state index in [9.17, 15) is 20.1 Å². The molecule has 2 aliphatic carbocycles. The van der Waals surface area contributed by atoms with Crippen molar-refractivity contribution in [2.24, 2.45) is 17.8 Å². The average Bonchev–Trinajstić information content (AvgIpc) is 2.91. The van der Waals surface area contributed by atoms with Crippen molar-refractivity contribution in [2.45, 2.75) is 64.8 Å². The molecule has 1 fully saturated rings. The molecule has 1 saturated carbocycles. The van der Waals surface area contributed by atoms with Crippen LogP contribution in [-0.4, -0.2) is 46.2 Å². The molecule has 0 amide bonds. The van der Waals surface area contributed by atoms with Crippen LogP contribution in [0.25, 0.3) is 0 Å². The molecule has 1 aromatic carbocycles. The number of esters is 1. The fourth-order valence-electron chi connectivity index (χ4n) is 5.09. The van der Waals surface area contributed by atoms with E-state index in [-0.39, 0.29) is 34.8 Å². The first-order chi connectivity index (χ1) is 13.6. The van der Waals surface area contributed by atoms with Crippen molar-refractivity contribution in [1.29, 1.82) is 0 Å². The van der Waals surface area contributed by atoms with Crippen molar-refractivity contribution in [1.82, 2.24) is 0 Å². The predicted octanol–water partition coefficient (Wildman–Crippen LogP) is 3.44. The molecule has 160 valence electrons. The van der Waals surface area contributed by atoms with Gasteiger partial charge >= 0.3 is 5.97 Å². The Bertz CT molecular complexity index is 810. The molecular weight excluding hydrogens is 372 g/mol. The summed E-state index contributed by atoms with van der Waals surface area (Å²) in [7, 11) is 1.42. The van der Waals surface area contributed by atoms with Gasteiger partial charge in [-0.15, -0.1) is 0 Å².